The lowest BCUT2D eigenvalue weighted by Gasteiger charge is -2.31. The Bertz CT molecular complexity index is 461. The Labute approximate surface area is 104 Å². The summed E-state index contributed by atoms with van der Waals surface area (Å²) in [5, 5.41) is 14.0. The Morgan fingerprint density at radius 1 is 1.39 bits per heavy atom. The standard InChI is InChI=1S/C12H17F3N2O/c1-7(2)17-10-8(5-4-6-11(10,3)18)9(16-17)12(13,14)15/h7,18H,4-6H2,1-3H3. The van der Waals surface area contributed by atoms with Crippen LogP contribution in [0.15, 0.2) is 0 Å². The molecule has 2 rings (SSSR count). The average Bonchev–Trinajstić information content (AvgIpc) is 2.57. The maximum absolute atomic E-state index is 12.9. The van der Waals surface area contributed by atoms with Gasteiger partial charge in [0, 0.05) is 11.6 Å². The van der Waals surface area contributed by atoms with Crippen molar-refractivity contribution >= 4 is 0 Å². The summed E-state index contributed by atoms with van der Waals surface area (Å²) in [7, 11) is 0. The maximum Gasteiger partial charge on any atom is 0.435 e. The number of nitrogens with zero attached hydrogens (tertiary/aromatic N) is 2. The molecule has 1 unspecified atom stereocenters. The monoisotopic (exact) mass is 262 g/mol. The number of rotatable bonds is 1. The third-order valence-electron chi connectivity index (χ3n) is 3.37. The van der Waals surface area contributed by atoms with Crippen molar-refractivity contribution in [2.45, 2.75) is 57.9 Å². The summed E-state index contributed by atoms with van der Waals surface area (Å²) in [6.07, 6.45) is -3.12. The number of halogens is 3. The van der Waals surface area contributed by atoms with Crippen LogP contribution in [0.3, 0.4) is 0 Å². The molecule has 1 aliphatic carbocycles. The minimum atomic E-state index is -4.46. The lowest BCUT2D eigenvalue weighted by molar-refractivity contribution is -0.142. The van der Waals surface area contributed by atoms with Gasteiger partial charge in [-0.1, -0.05) is 0 Å². The molecule has 6 heteroatoms. The van der Waals surface area contributed by atoms with Gasteiger partial charge in [-0.2, -0.15) is 18.3 Å². The fourth-order valence-electron chi connectivity index (χ4n) is 2.61. The average molecular weight is 262 g/mol. The second-order valence-corrected chi connectivity index (χ2v) is 5.34. The van der Waals surface area contributed by atoms with Crippen LogP contribution in [-0.2, 0) is 18.2 Å². The van der Waals surface area contributed by atoms with Gasteiger partial charge in [-0.25, -0.2) is 0 Å². The van der Waals surface area contributed by atoms with Crippen molar-refractivity contribution in [1.29, 1.82) is 0 Å². The van der Waals surface area contributed by atoms with Gasteiger partial charge in [0.25, 0.3) is 0 Å². The predicted octanol–water partition coefficient (Wildman–Crippen LogP) is 3.03. The van der Waals surface area contributed by atoms with Gasteiger partial charge in [0.2, 0.25) is 0 Å². The second-order valence-electron chi connectivity index (χ2n) is 5.34. The van der Waals surface area contributed by atoms with Crippen LogP contribution in [0, 0.1) is 0 Å². The molecule has 1 aliphatic rings. The fraction of sp³-hybridized carbons (Fsp3) is 0.750. The van der Waals surface area contributed by atoms with E-state index in [1.54, 1.807) is 20.8 Å². The Morgan fingerprint density at radius 3 is 2.50 bits per heavy atom. The van der Waals surface area contributed by atoms with Crippen LogP contribution < -0.4 is 0 Å². The number of hydrogen-bond acceptors (Lipinski definition) is 2. The van der Waals surface area contributed by atoms with Crippen molar-refractivity contribution < 1.29 is 18.3 Å². The zero-order chi connectivity index (χ0) is 13.7. The highest BCUT2D eigenvalue weighted by atomic mass is 19.4. The quantitative estimate of drug-likeness (QED) is 0.844. The molecule has 1 aromatic rings. The van der Waals surface area contributed by atoms with Gasteiger partial charge in [-0.15, -0.1) is 0 Å². The van der Waals surface area contributed by atoms with Crippen LogP contribution >= 0.6 is 0 Å². The zero-order valence-corrected chi connectivity index (χ0v) is 10.7. The molecule has 0 aliphatic heterocycles. The molecular weight excluding hydrogens is 245 g/mol. The molecular formula is C12H17F3N2O. The van der Waals surface area contributed by atoms with E-state index in [0.29, 0.717) is 25.0 Å². The first kappa shape index (κ1) is 13.4. The molecule has 102 valence electrons. The third kappa shape index (κ3) is 2.02. The van der Waals surface area contributed by atoms with E-state index in [2.05, 4.69) is 5.10 Å². The fourth-order valence-corrected chi connectivity index (χ4v) is 2.61. The molecule has 0 saturated heterocycles. The van der Waals surface area contributed by atoms with Crippen LogP contribution in [0.25, 0.3) is 0 Å². The minimum absolute atomic E-state index is 0.160. The van der Waals surface area contributed by atoms with Crippen molar-refractivity contribution in [3.63, 3.8) is 0 Å². The van der Waals surface area contributed by atoms with Gasteiger partial charge in [-0.05, 0) is 40.0 Å². The number of aromatic nitrogens is 2. The van der Waals surface area contributed by atoms with E-state index in [-0.39, 0.29) is 11.6 Å². The molecule has 1 atom stereocenters. The third-order valence-corrected chi connectivity index (χ3v) is 3.37. The molecule has 0 amide bonds. The smallest absolute Gasteiger partial charge is 0.384 e. The van der Waals surface area contributed by atoms with E-state index < -0.39 is 17.5 Å². The minimum Gasteiger partial charge on any atom is -0.384 e. The van der Waals surface area contributed by atoms with Gasteiger partial charge in [0.1, 0.15) is 5.60 Å². The Kier molecular flexibility index (Phi) is 2.96. The SMILES string of the molecule is CC(C)n1nc(C(F)(F)F)c2c1C(C)(O)CCC2. The molecule has 3 nitrogen and oxygen atoms in total. The first-order valence-electron chi connectivity index (χ1n) is 6.06. The van der Waals surface area contributed by atoms with E-state index in [1.807, 2.05) is 0 Å². The van der Waals surface area contributed by atoms with Crippen LogP contribution in [0.2, 0.25) is 0 Å². The van der Waals surface area contributed by atoms with Crippen LogP contribution in [0.4, 0.5) is 13.2 Å². The summed E-state index contributed by atoms with van der Waals surface area (Å²) in [5.41, 5.74) is -1.58. The van der Waals surface area contributed by atoms with E-state index in [0.717, 1.165) is 0 Å². The highest BCUT2D eigenvalue weighted by Gasteiger charge is 2.44. The molecule has 0 bridgehead atoms. The first-order chi connectivity index (χ1) is 8.14. The van der Waals surface area contributed by atoms with Gasteiger partial charge in [0.15, 0.2) is 5.69 Å². The molecule has 0 saturated carbocycles. The molecule has 1 heterocycles. The topological polar surface area (TPSA) is 38.0 Å². The van der Waals surface area contributed by atoms with Crippen molar-refractivity contribution in [3.05, 3.63) is 17.0 Å². The molecule has 0 fully saturated rings. The van der Waals surface area contributed by atoms with Crippen LogP contribution in [-0.4, -0.2) is 14.9 Å². The lowest BCUT2D eigenvalue weighted by Crippen LogP contribution is -2.30. The molecule has 0 aromatic carbocycles. The molecule has 0 spiro atoms. The normalized spacial score (nSPS) is 24.4. The summed E-state index contributed by atoms with van der Waals surface area (Å²) >= 11 is 0. The van der Waals surface area contributed by atoms with Crippen LogP contribution in [0.1, 0.15) is 56.6 Å². The Balaban J connectivity index is 2.69. The van der Waals surface area contributed by atoms with E-state index in [4.69, 9.17) is 0 Å². The second kappa shape index (κ2) is 3.98. The maximum atomic E-state index is 12.9. The van der Waals surface area contributed by atoms with Crippen molar-refractivity contribution in [1.82, 2.24) is 9.78 Å². The van der Waals surface area contributed by atoms with Crippen molar-refractivity contribution in [2.75, 3.05) is 0 Å². The molecule has 18 heavy (non-hydrogen) atoms. The van der Waals surface area contributed by atoms with Crippen molar-refractivity contribution in [3.8, 4) is 0 Å². The highest BCUT2D eigenvalue weighted by Crippen LogP contribution is 2.42. The highest BCUT2D eigenvalue weighted by molar-refractivity contribution is 5.35. The predicted molar refractivity (Wildman–Crippen MR) is 60.1 cm³/mol. The number of alkyl halides is 3. The van der Waals surface area contributed by atoms with E-state index >= 15 is 0 Å². The largest absolute Gasteiger partial charge is 0.435 e. The number of hydrogen-bond donors (Lipinski definition) is 1. The lowest BCUT2D eigenvalue weighted by atomic mass is 9.84. The van der Waals surface area contributed by atoms with Gasteiger partial charge in [0.05, 0.1) is 5.69 Å². The summed E-state index contributed by atoms with van der Waals surface area (Å²) in [6.45, 7) is 5.09. The van der Waals surface area contributed by atoms with Crippen molar-refractivity contribution in [2.24, 2.45) is 0 Å². The summed E-state index contributed by atoms with van der Waals surface area (Å²) in [4.78, 5) is 0. The van der Waals surface area contributed by atoms with E-state index in [1.165, 1.54) is 4.68 Å². The Hall–Kier alpha value is -1.04. The zero-order valence-electron chi connectivity index (χ0n) is 10.7. The molecule has 1 N–H and O–H groups in total. The van der Waals surface area contributed by atoms with Gasteiger partial charge < -0.3 is 5.11 Å². The Morgan fingerprint density at radius 2 is 2.00 bits per heavy atom. The molecule has 0 radical (unpaired) electrons. The van der Waals surface area contributed by atoms with E-state index in [9.17, 15) is 18.3 Å². The van der Waals surface area contributed by atoms with Gasteiger partial charge >= 0.3 is 6.18 Å². The van der Waals surface area contributed by atoms with Crippen LogP contribution in [0.5, 0.6) is 0 Å². The first-order valence-corrected chi connectivity index (χ1v) is 6.06. The summed E-state index contributed by atoms with van der Waals surface area (Å²) < 4.78 is 40.2. The molecule has 1 aromatic heterocycles. The summed E-state index contributed by atoms with van der Waals surface area (Å²) in [6, 6.07) is -0.209. The number of aliphatic hydroxyl groups is 1. The summed E-state index contributed by atoms with van der Waals surface area (Å²) in [5.74, 6) is 0. The number of fused-ring (bicyclic) bond motifs is 1. The van der Waals surface area contributed by atoms with Gasteiger partial charge in [-0.3, -0.25) is 4.68 Å².